The molecule has 1 aromatic heterocycles. The Kier molecular flexibility index (Phi) is 3.68. The summed E-state index contributed by atoms with van der Waals surface area (Å²) >= 11 is 5.88. The van der Waals surface area contributed by atoms with E-state index in [0.29, 0.717) is 11.4 Å². The van der Waals surface area contributed by atoms with Gasteiger partial charge in [-0.2, -0.15) is 5.10 Å². The highest BCUT2D eigenvalue weighted by Gasteiger charge is 2.24. The number of aryl methyl sites for hydroxylation is 1. The van der Waals surface area contributed by atoms with E-state index in [-0.39, 0.29) is 0 Å². The number of nitrogens with zero attached hydrogens (tertiary/aromatic N) is 3. The van der Waals surface area contributed by atoms with Gasteiger partial charge in [-0.3, -0.25) is 4.68 Å². The third-order valence-electron chi connectivity index (χ3n) is 3.02. The molecule has 96 valence electrons. The Balaban J connectivity index is 2.23. The van der Waals surface area contributed by atoms with E-state index in [4.69, 9.17) is 17.3 Å². The zero-order valence-electron chi connectivity index (χ0n) is 10.6. The van der Waals surface area contributed by atoms with Gasteiger partial charge in [0.15, 0.2) is 0 Å². The topological polar surface area (TPSA) is 56.7 Å². The van der Waals surface area contributed by atoms with Crippen LogP contribution in [0.3, 0.4) is 0 Å². The summed E-state index contributed by atoms with van der Waals surface area (Å²) in [5, 5.41) is 4.87. The summed E-state index contributed by atoms with van der Waals surface area (Å²) in [6.07, 6.45) is 2.21. The van der Waals surface area contributed by atoms with Gasteiger partial charge in [0.05, 0.1) is 0 Å². The minimum Gasteiger partial charge on any atom is -0.321 e. The molecule has 1 aromatic carbocycles. The normalized spacial score (nSPS) is 14.4. The molecular formula is C13H17ClN4. The van der Waals surface area contributed by atoms with Gasteiger partial charge in [0, 0.05) is 23.5 Å². The van der Waals surface area contributed by atoms with Crippen molar-refractivity contribution in [2.24, 2.45) is 5.73 Å². The molecule has 0 fully saturated rings. The van der Waals surface area contributed by atoms with Gasteiger partial charge in [-0.05, 0) is 31.5 Å². The molecule has 5 heteroatoms. The molecule has 1 atom stereocenters. The maximum atomic E-state index is 6.38. The third kappa shape index (κ3) is 2.71. The number of rotatable bonds is 4. The Morgan fingerprint density at radius 1 is 1.33 bits per heavy atom. The fraction of sp³-hybridized carbons (Fsp3) is 0.385. The molecule has 2 N–H and O–H groups in total. The van der Waals surface area contributed by atoms with Gasteiger partial charge in [-0.1, -0.05) is 23.7 Å². The number of benzene rings is 1. The largest absolute Gasteiger partial charge is 0.321 e. The third-order valence-corrected chi connectivity index (χ3v) is 3.28. The molecule has 4 nitrogen and oxygen atoms in total. The van der Waals surface area contributed by atoms with Gasteiger partial charge < -0.3 is 5.73 Å². The summed E-state index contributed by atoms with van der Waals surface area (Å²) in [5.41, 5.74) is 6.94. The standard InChI is InChI=1S/C13H17ClN4/c1-3-18-12(16-9-17-18)8-13(2,15)10-4-6-11(14)7-5-10/h4-7,9H,3,8,15H2,1-2H3. The fourth-order valence-electron chi connectivity index (χ4n) is 1.95. The Morgan fingerprint density at radius 3 is 2.61 bits per heavy atom. The highest BCUT2D eigenvalue weighted by Crippen LogP contribution is 2.23. The van der Waals surface area contributed by atoms with Crippen LogP contribution in [0.25, 0.3) is 0 Å². The summed E-state index contributed by atoms with van der Waals surface area (Å²) in [6, 6.07) is 7.61. The van der Waals surface area contributed by atoms with Gasteiger partial charge in [0.2, 0.25) is 0 Å². The van der Waals surface area contributed by atoms with Crippen molar-refractivity contribution < 1.29 is 0 Å². The second-order valence-electron chi connectivity index (χ2n) is 4.59. The minimum atomic E-state index is -0.482. The number of hydrogen-bond donors (Lipinski definition) is 1. The highest BCUT2D eigenvalue weighted by atomic mass is 35.5. The average Bonchev–Trinajstić information content (AvgIpc) is 2.76. The monoisotopic (exact) mass is 264 g/mol. The van der Waals surface area contributed by atoms with E-state index >= 15 is 0 Å². The lowest BCUT2D eigenvalue weighted by molar-refractivity contribution is 0.457. The quantitative estimate of drug-likeness (QED) is 0.922. The summed E-state index contributed by atoms with van der Waals surface area (Å²) in [4.78, 5) is 4.26. The van der Waals surface area contributed by atoms with Crippen LogP contribution in [0, 0.1) is 0 Å². The van der Waals surface area contributed by atoms with Gasteiger partial charge in [0.25, 0.3) is 0 Å². The van der Waals surface area contributed by atoms with Gasteiger partial charge in [0.1, 0.15) is 12.2 Å². The molecule has 1 heterocycles. The molecule has 18 heavy (non-hydrogen) atoms. The molecule has 0 saturated heterocycles. The molecule has 2 aromatic rings. The molecule has 2 rings (SSSR count). The van der Waals surface area contributed by atoms with Crippen molar-refractivity contribution in [1.29, 1.82) is 0 Å². The van der Waals surface area contributed by atoms with Crippen molar-refractivity contribution in [1.82, 2.24) is 14.8 Å². The SMILES string of the molecule is CCn1ncnc1CC(C)(N)c1ccc(Cl)cc1. The molecular weight excluding hydrogens is 248 g/mol. The lowest BCUT2D eigenvalue weighted by atomic mass is 9.89. The van der Waals surface area contributed by atoms with Crippen molar-refractivity contribution in [2.45, 2.75) is 32.4 Å². The predicted octanol–water partition coefficient (Wildman–Crippen LogP) is 2.37. The Morgan fingerprint density at radius 2 is 2.00 bits per heavy atom. The molecule has 0 aliphatic carbocycles. The zero-order chi connectivity index (χ0) is 13.2. The van der Waals surface area contributed by atoms with Crippen LogP contribution in [0.15, 0.2) is 30.6 Å². The van der Waals surface area contributed by atoms with Crippen LogP contribution >= 0.6 is 11.6 Å². The number of halogens is 1. The predicted molar refractivity (Wildman–Crippen MR) is 72.4 cm³/mol. The van der Waals surface area contributed by atoms with Crippen LogP contribution in [0.5, 0.6) is 0 Å². The van der Waals surface area contributed by atoms with Crippen LogP contribution < -0.4 is 5.73 Å². The van der Waals surface area contributed by atoms with Gasteiger partial charge >= 0.3 is 0 Å². The molecule has 0 bridgehead atoms. The molecule has 0 radical (unpaired) electrons. The second-order valence-corrected chi connectivity index (χ2v) is 5.03. The van der Waals surface area contributed by atoms with E-state index in [1.807, 2.05) is 42.8 Å². The smallest absolute Gasteiger partial charge is 0.138 e. The molecule has 1 unspecified atom stereocenters. The lowest BCUT2D eigenvalue weighted by Crippen LogP contribution is -2.36. The Bertz CT molecular complexity index is 516. The van der Waals surface area contributed by atoms with E-state index < -0.39 is 5.54 Å². The summed E-state index contributed by atoms with van der Waals surface area (Å²) in [6.45, 7) is 4.82. The second kappa shape index (κ2) is 5.08. The van der Waals surface area contributed by atoms with Crippen LogP contribution in [-0.4, -0.2) is 14.8 Å². The maximum Gasteiger partial charge on any atom is 0.138 e. The number of nitrogens with two attached hydrogens (primary N) is 1. The van der Waals surface area contributed by atoms with Crippen molar-refractivity contribution in [2.75, 3.05) is 0 Å². The summed E-state index contributed by atoms with van der Waals surface area (Å²) < 4.78 is 1.86. The summed E-state index contributed by atoms with van der Waals surface area (Å²) in [7, 11) is 0. The van der Waals surface area contributed by atoms with E-state index in [1.165, 1.54) is 0 Å². The van der Waals surface area contributed by atoms with Crippen molar-refractivity contribution >= 4 is 11.6 Å². The van der Waals surface area contributed by atoms with Crippen molar-refractivity contribution in [3.63, 3.8) is 0 Å². The first-order valence-electron chi connectivity index (χ1n) is 5.94. The minimum absolute atomic E-state index is 0.482. The molecule has 0 aliphatic rings. The van der Waals surface area contributed by atoms with Gasteiger partial charge in [-0.15, -0.1) is 0 Å². The van der Waals surface area contributed by atoms with Crippen LogP contribution in [-0.2, 0) is 18.5 Å². The first kappa shape index (κ1) is 13.1. The van der Waals surface area contributed by atoms with Gasteiger partial charge in [-0.25, -0.2) is 4.98 Å². The van der Waals surface area contributed by atoms with Crippen molar-refractivity contribution in [3.05, 3.63) is 47.0 Å². The van der Waals surface area contributed by atoms with Crippen LogP contribution in [0.4, 0.5) is 0 Å². The molecule has 0 spiro atoms. The lowest BCUT2D eigenvalue weighted by Gasteiger charge is -2.25. The molecule has 0 saturated carbocycles. The van der Waals surface area contributed by atoms with Crippen LogP contribution in [0.2, 0.25) is 5.02 Å². The number of aromatic nitrogens is 3. The number of hydrogen-bond acceptors (Lipinski definition) is 3. The van der Waals surface area contributed by atoms with E-state index in [0.717, 1.165) is 17.9 Å². The van der Waals surface area contributed by atoms with E-state index in [2.05, 4.69) is 10.1 Å². The average molecular weight is 265 g/mol. The van der Waals surface area contributed by atoms with Crippen LogP contribution in [0.1, 0.15) is 25.2 Å². The van der Waals surface area contributed by atoms with Crippen molar-refractivity contribution in [3.8, 4) is 0 Å². The highest BCUT2D eigenvalue weighted by molar-refractivity contribution is 6.30. The van der Waals surface area contributed by atoms with E-state index in [1.54, 1.807) is 6.33 Å². The first-order valence-corrected chi connectivity index (χ1v) is 6.32. The molecule has 0 aliphatic heterocycles. The van der Waals surface area contributed by atoms with E-state index in [9.17, 15) is 0 Å². The summed E-state index contributed by atoms with van der Waals surface area (Å²) in [5.74, 6) is 0.900. The molecule has 0 amide bonds. The maximum absolute atomic E-state index is 6.38. The Hall–Kier alpha value is -1.39. The zero-order valence-corrected chi connectivity index (χ0v) is 11.4. The first-order chi connectivity index (χ1) is 8.53. The fourth-order valence-corrected chi connectivity index (χ4v) is 2.08. The Labute approximate surface area is 112 Å².